The van der Waals surface area contributed by atoms with Crippen molar-refractivity contribution in [3.8, 4) is 0 Å². The Labute approximate surface area is 221 Å². The molecule has 2 heterocycles. The van der Waals surface area contributed by atoms with Crippen LogP contribution in [0.15, 0.2) is 73.1 Å². The lowest BCUT2D eigenvalue weighted by Gasteiger charge is -2.24. The van der Waals surface area contributed by atoms with E-state index < -0.39 is 28.9 Å². The highest BCUT2D eigenvalue weighted by Gasteiger charge is 2.29. The first-order chi connectivity index (χ1) is 18.2. The third-order valence-electron chi connectivity index (χ3n) is 5.20. The van der Waals surface area contributed by atoms with Gasteiger partial charge in [-0.1, -0.05) is 50.2 Å². The number of nitro groups is 1. The highest BCUT2D eigenvalue weighted by molar-refractivity contribution is 5.79. The molecule has 1 aromatic carbocycles. The van der Waals surface area contributed by atoms with E-state index in [1.165, 1.54) is 25.6 Å². The Morgan fingerprint density at radius 3 is 2.24 bits per heavy atom. The Bertz CT molecular complexity index is 1140. The van der Waals surface area contributed by atoms with Crippen molar-refractivity contribution in [2.45, 2.75) is 45.4 Å². The van der Waals surface area contributed by atoms with Crippen LogP contribution in [0.1, 0.15) is 31.5 Å². The van der Waals surface area contributed by atoms with Gasteiger partial charge in [0.1, 0.15) is 24.9 Å². The van der Waals surface area contributed by atoms with Crippen molar-refractivity contribution in [1.29, 1.82) is 0 Å². The van der Waals surface area contributed by atoms with Gasteiger partial charge >= 0.3 is 17.8 Å². The van der Waals surface area contributed by atoms with Gasteiger partial charge in [-0.3, -0.25) is 19.9 Å². The smallest absolute Gasteiger partial charge is 0.363 e. The van der Waals surface area contributed by atoms with E-state index in [-0.39, 0.29) is 24.8 Å². The molecule has 0 fully saturated rings. The molecule has 3 rings (SSSR count). The Morgan fingerprint density at radius 2 is 1.71 bits per heavy atom. The monoisotopic (exact) mass is 523 g/mol. The minimum atomic E-state index is -0.732. The van der Waals surface area contributed by atoms with Crippen LogP contribution in [0.4, 0.5) is 11.5 Å². The van der Waals surface area contributed by atoms with Crippen molar-refractivity contribution >= 4 is 23.4 Å². The quantitative estimate of drug-likeness (QED) is 0.216. The van der Waals surface area contributed by atoms with Crippen LogP contribution in [-0.2, 0) is 32.1 Å². The molecule has 11 heteroatoms. The number of aromatic nitrogens is 2. The first-order valence-corrected chi connectivity index (χ1v) is 12.0. The summed E-state index contributed by atoms with van der Waals surface area (Å²) in [6, 6.07) is 16.1. The van der Waals surface area contributed by atoms with E-state index in [0.717, 1.165) is 5.56 Å². The number of anilines is 1. The fourth-order valence-corrected chi connectivity index (χ4v) is 3.36. The normalized spacial score (nSPS) is 12.0. The van der Waals surface area contributed by atoms with Crippen molar-refractivity contribution in [3.05, 3.63) is 94.4 Å². The van der Waals surface area contributed by atoms with Crippen molar-refractivity contribution < 1.29 is 24.0 Å². The molecule has 0 bridgehead atoms. The number of pyridine rings is 2. The summed E-state index contributed by atoms with van der Waals surface area (Å²) in [5.74, 6) is -0.753. The predicted octanol–water partition coefficient (Wildman–Crippen LogP) is 3.49. The summed E-state index contributed by atoms with van der Waals surface area (Å²) in [7, 11) is 1.32. The lowest BCUT2D eigenvalue weighted by Crippen LogP contribution is -2.49. The fraction of sp³-hybridized carbons (Fsp3) is 0.333. The summed E-state index contributed by atoms with van der Waals surface area (Å²) >= 11 is 0. The molecule has 0 saturated heterocycles. The maximum atomic E-state index is 12.7. The molecule has 11 nitrogen and oxygen atoms in total. The van der Waals surface area contributed by atoms with Gasteiger partial charge in [0.15, 0.2) is 0 Å². The van der Waals surface area contributed by atoms with Gasteiger partial charge in [0.05, 0.1) is 19.0 Å². The number of hydrogen-bond donors (Lipinski definition) is 2. The van der Waals surface area contributed by atoms with Crippen LogP contribution >= 0.6 is 0 Å². The maximum absolute atomic E-state index is 12.7. The van der Waals surface area contributed by atoms with Crippen LogP contribution in [0.25, 0.3) is 0 Å². The molecule has 0 amide bonds. The van der Waals surface area contributed by atoms with Gasteiger partial charge in [-0.05, 0) is 46.0 Å². The molecule has 202 valence electrons. The Balaban J connectivity index is 0.000000474. The maximum Gasteiger partial charge on any atom is 0.363 e. The molecule has 2 aromatic heterocycles. The minimum absolute atomic E-state index is 0.113. The van der Waals surface area contributed by atoms with Crippen molar-refractivity contribution in [3.63, 3.8) is 0 Å². The van der Waals surface area contributed by atoms with Gasteiger partial charge < -0.3 is 25.3 Å². The van der Waals surface area contributed by atoms with Gasteiger partial charge in [-0.15, -0.1) is 0 Å². The second-order valence-corrected chi connectivity index (χ2v) is 8.75. The number of benzene rings is 1. The number of methoxy groups -OCH3 is 1. The number of nitrogens with two attached hydrogens (primary N) is 1. The Morgan fingerprint density at radius 1 is 1.00 bits per heavy atom. The Hall–Kier alpha value is -4.38. The number of nitrogens with zero attached hydrogens (tertiary/aromatic N) is 3. The number of carbonyl (C=O) groups is 2. The zero-order valence-corrected chi connectivity index (χ0v) is 21.7. The van der Waals surface area contributed by atoms with Gasteiger partial charge in [-0.25, -0.2) is 0 Å². The van der Waals surface area contributed by atoms with Gasteiger partial charge in [0.2, 0.25) is 0 Å². The molecule has 0 aliphatic rings. The van der Waals surface area contributed by atoms with Gasteiger partial charge in [-0.2, -0.15) is 0 Å². The van der Waals surface area contributed by atoms with Crippen LogP contribution in [0.3, 0.4) is 0 Å². The van der Waals surface area contributed by atoms with Gasteiger partial charge in [0, 0.05) is 18.2 Å². The summed E-state index contributed by atoms with van der Waals surface area (Å²) in [5, 5.41) is 13.1. The zero-order chi connectivity index (χ0) is 27.9. The zero-order valence-electron chi connectivity index (χ0n) is 21.7. The molecule has 2 atom stereocenters. The topological polar surface area (TPSA) is 160 Å². The van der Waals surface area contributed by atoms with Crippen LogP contribution in [0.2, 0.25) is 0 Å². The van der Waals surface area contributed by atoms with Crippen molar-refractivity contribution in [1.82, 2.24) is 15.3 Å². The molecule has 3 aromatic rings. The molecule has 0 spiro atoms. The van der Waals surface area contributed by atoms with Gasteiger partial charge in [0.25, 0.3) is 0 Å². The molecular weight excluding hydrogens is 490 g/mol. The van der Waals surface area contributed by atoms with Crippen LogP contribution in [-0.4, -0.2) is 46.0 Å². The lowest BCUT2D eigenvalue weighted by molar-refractivity contribution is -0.389. The second-order valence-electron chi connectivity index (χ2n) is 8.75. The predicted molar refractivity (Wildman–Crippen MR) is 142 cm³/mol. The summed E-state index contributed by atoms with van der Waals surface area (Å²) in [4.78, 5) is 42.2. The molecule has 0 aliphatic heterocycles. The fourth-order valence-electron chi connectivity index (χ4n) is 3.36. The number of ether oxygens (including phenoxy) is 2. The van der Waals surface area contributed by atoms with E-state index >= 15 is 0 Å². The molecule has 0 radical (unpaired) electrons. The number of esters is 2. The second kappa shape index (κ2) is 15.7. The average molecular weight is 524 g/mol. The molecular formula is C27H33N5O6. The number of nitrogen functional groups attached to an aromatic ring is 1. The third-order valence-corrected chi connectivity index (χ3v) is 5.20. The van der Waals surface area contributed by atoms with E-state index in [9.17, 15) is 19.7 Å². The molecule has 3 N–H and O–H groups in total. The third kappa shape index (κ3) is 10.7. The van der Waals surface area contributed by atoms with Crippen LogP contribution < -0.4 is 11.1 Å². The van der Waals surface area contributed by atoms with E-state index in [2.05, 4.69) is 15.3 Å². The largest absolute Gasteiger partial charge is 0.468 e. The van der Waals surface area contributed by atoms with Crippen LogP contribution in [0.5, 0.6) is 0 Å². The van der Waals surface area contributed by atoms with Crippen LogP contribution in [0, 0.1) is 16.0 Å². The van der Waals surface area contributed by atoms with E-state index in [1.54, 1.807) is 24.3 Å². The summed E-state index contributed by atoms with van der Waals surface area (Å²) in [6.07, 6.45) is 3.71. The number of nitrogens with one attached hydrogen (secondary N) is 1. The van der Waals surface area contributed by atoms with E-state index in [4.69, 9.17) is 15.2 Å². The number of rotatable bonds is 11. The molecule has 2 unspecified atom stereocenters. The molecule has 0 saturated carbocycles. The Kier molecular flexibility index (Phi) is 12.3. The highest BCUT2D eigenvalue weighted by atomic mass is 16.6. The van der Waals surface area contributed by atoms with E-state index in [1.807, 2.05) is 44.2 Å². The average Bonchev–Trinajstić information content (AvgIpc) is 2.92. The summed E-state index contributed by atoms with van der Waals surface area (Å²) in [5.41, 5.74) is 7.78. The standard InChI is InChI=1S/C22H29N3O4.C5H4N2O2/c1-15(2)11-19(22(27)29-14-16-7-5-4-6-8-16)25-20(21(26)28-3)12-18-10-9-17(23)13-24-18;8-7(9)5-3-1-2-4-6-5/h4-10,13,15,19-20,25H,11-12,14,23H2,1-3H3;1-4H. The molecule has 38 heavy (non-hydrogen) atoms. The SMILES string of the molecule is COC(=O)C(Cc1ccc(N)cn1)NC(CC(C)C)C(=O)OCc1ccccc1.O=[N+]([O-])c1ccccn1. The highest BCUT2D eigenvalue weighted by Crippen LogP contribution is 2.12. The van der Waals surface area contributed by atoms with E-state index in [0.29, 0.717) is 17.8 Å². The molecule has 0 aliphatic carbocycles. The minimum Gasteiger partial charge on any atom is -0.468 e. The van der Waals surface area contributed by atoms with Crippen molar-refractivity contribution in [2.24, 2.45) is 5.92 Å². The first kappa shape index (κ1) is 29.8. The summed E-state index contributed by atoms with van der Waals surface area (Å²) < 4.78 is 10.4. The number of hydrogen-bond acceptors (Lipinski definition) is 10. The lowest BCUT2D eigenvalue weighted by atomic mass is 10.0. The number of carbonyl (C=O) groups excluding carboxylic acids is 2. The first-order valence-electron chi connectivity index (χ1n) is 12.0. The van der Waals surface area contributed by atoms with Crippen molar-refractivity contribution in [2.75, 3.05) is 12.8 Å². The summed E-state index contributed by atoms with van der Waals surface area (Å²) in [6.45, 7) is 4.19.